The maximum absolute atomic E-state index is 11.1. The van der Waals surface area contributed by atoms with Gasteiger partial charge >= 0.3 is 5.69 Å². The van der Waals surface area contributed by atoms with Crippen molar-refractivity contribution < 1.29 is 4.92 Å². The van der Waals surface area contributed by atoms with Gasteiger partial charge in [-0.25, -0.2) is 4.98 Å². The standard InChI is InChI=1S/C15H17N3O2/c1-2-11-17(12-13-7-4-3-5-8-13)15-14(18(19)20)9-6-10-16-15/h3-10H,2,11-12H2,1H3. The van der Waals surface area contributed by atoms with Crippen LogP contribution in [0.25, 0.3) is 0 Å². The number of anilines is 1. The second kappa shape index (κ2) is 6.65. The number of pyridine rings is 1. The molecule has 0 radical (unpaired) electrons. The topological polar surface area (TPSA) is 59.3 Å². The molecule has 0 bridgehead atoms. The molecule has 0 amide bonds. The number of hydrogen-bond acceptors (Lipinski definition) is 4. The fourth-order valence-corrected chi connectivity index (χ4v) is 2.11. The molecule has 0 aliphatic carbocycles. The molecule has 0 N–H and O–H groups in total. The zero-order chi connectivity index (χ0) is 14.4. The van der Waals surface area contributed by atoms with Crippen LogP contribution in [0.4, 0.5) is 11.5 Å². The van der Waals surface area contributed by atoms with E-state index in [0.717, 1.165) is 18.5 Å². The normalized spacial score (nSPS) is 10.2. The van der Waals surface area contributed by atoms with Crippen LogP contribution in [0, 0.1) is 10.1 Å². The minimum atomic E-state index is -0.379. The summed E-state index contributed by atoms with van der Waals surface area (Å²) in [6.45, 7) is 3.39. The van der Waals surface area contributed by atoms with Crippen LogP contribution in [-0.2, 0) is 6.54 Å². The van der Waals surface area contributed by atoms with Crippen LogP contribution in [0.3, 0.4) is 0 Å². The second-order valence-electron chi connectivity index (χ2n) is 4.51. The lowest BCUT2D eigenvalue weighted by molar-refractivity contribution is -0.384. The Morgan fingerprint density at radius 3 is 2.60 bits per heavy atom. The number of rotatable bonds is 6. The van der Waals surface area contributed by atoms with Crippen molar-refractivity contribution in [1.29, 1.82) is 0 Å². The van der Waals surface area contributed by atoms with Crippen LogP contribution >= 0.6 is 0 Å². The number of benzene rings is 1. The van der Waals surface area contributed by atoms with Crippen molar-refractivity contribution in [1.82, 2.24) is 4.98 Å². The molecule has 5 nitrogen and oxygen atoms in total. The van der Waals surface area contributed by atoms with E-state index in [1.165, 1.54) is 6.07 Å². The Labute approximate surface area is 118 Å². The van der Waals surface area contributed by atoms with E-state index in [1.807, 2.05) is 42.2 Å². The summed E-state index contributed by atoms with van der Waals surface area (Å²) >= 11 is 0. The number of aromatic nitrogens is 1. The van der Waals surface area contributed by atoms with Crippen molar-refractivity contribution in [3.63, 3.8) is 0 Å². The Kier molecular flexibility index (Phi) is 4.65. The molecule has 20 heavy (non-hydrogen) atoms. The molecule has 5 heteroatoms. The van der Waals surface area contributed by atoms with Crippen molar-refractivity contribution in [2.24, 2.45) is 0 Å². The summed E-state index contributed by atoms with van der Waals surface area (Å²) in [5.41, 5.74) is 1.16. The minimum absolute atomic E-state index is 0.0527. The third-order valence-electron chi connectivity index (χ3n) is 2.97. The maximum atomic E-state index is 11.1. The van der Waals surface area contributed by atoms with Crippen LogP contribution in [0.15, 0.2) is 48.7 Å². The first kappa shape index (κ1) is 14.0. The van der Waals surface area contributed by atoms with Crippen LogP contribution in [0.2, 0.25) is 0 Å². The summed E-state index contributed by atoms with van der Waals surface area (Å²) < 4.78 is 0. The average molecular weight is 271 g/mol. The predicted octanol–water partition coefficient (Wildman–Crippen LogP) is 3.41. The fourth-order valence-electron chi connectivity index (χ4n) is 2.11. The quantitative estimate of drug-likeness (QED) is 0.596. The predicted molar refractivity (Wildman–Crippen MR) is 78.7 cm³/mol. The summed E-state index contributed by atoms with van der Waals surface area (Å²) in [6.07, 6.45) is 2.50. The molecule has 0 fully saturated rings. The highest BCUT2D eigenvalue weighted by Crippen LogP contribution is 2.26. The van der Waals surface area contributed by atoms with E-state index in [9.17, 15) is 10.1 Å². The molecule has 0 aliphatic heterocycles. The highest BCUT2D eigenvalue weighted by Gasteiger charge is 2.20. The highest BCUT2D eigenvalue weighted by atomic mass is 16.6. The SMILES string of the molecule is CCCN(Cc1ccccc1)c1ncccc1[N+](=O)[O-]. The first-order valence-electron chi connectivity index (χ1n) is 6.60. The molecule has 1 aromatic heterocycles. The van der Waals surface area contributed by atoms with Gasteiger partial charge in [-0.1, -0.05) is 37.3 Å². The molecule has 2 rings (SSSR count). The van der Waals surface area contributed by atoms with Gasteiger partial charge in [0.25, 0.3) is 0 Å². The van der Waals surface area contributed by atoms with Crippen LogP contribution < -0.4 is 4.90 Å². The van der Waals surface area contributed by atoms with E-state index in [-0.39, 0.29) is 10.6 Å². The summed E-state index contributed by atoms with van der Waals surface area (Å²) in [6, 6.07) is 13.0. The zero-order valence-corrected chi connectivity index (χ0v) is 11.4. The van der Waals surface area contributed by atoms with Gasteiger partial charge in [-0.05, 0) is 18.1 Å². The molecule has 1 aromatic carbocycles. The molecule has 0 saturated heterocycles. The van der Waals surface area contributed by atoms with E-state index in [1.54, 1.807) is 12.3 Å². The Balaban J connectivity index is 2.31. The van der Waals surface area contributed by atoms with Crippen molar-refractivity contribution in [3.05, 3.63) is 64.3 Å². The lowest BCUT2D eigenvalue weighted by Gasteiger charge is -2.22. The molecule has 0 spiro atoms. The zero-order valence-electron chi connectivity index (χ0n) is 11.4. The molecule has 1 heterocycles. The first-order valence-corrected chi connectivity index (χ1v) is 6.60. The summed E-state index contributed by atoms with van der Waals surface area (Å²) in [7, 11) is 0. The van der Waals surface area contributed by atoms with Crippen LogP contribution in [0.5, 0.6) is 0 Å². The minimum Gasteiger partial charge on any atom is -0.347 e. The molecule has 0 saturated carbocycles. The van der Waals surface area contributed by atoms with Crippen molar-refractivity contribution in [2.75, 3.05) is 11.4 Å². The van der Waals surface area contributed by atoms with E-state index in [0.29, 0.717) is 12.4 Å². The van der Waals surface area contributed by atoms with Gasteiger partial charge in [-0.3, -0.25) is 10.1 Å². The van der Waals surface area contributed by atoms with E-state index >= 15 is 0 Å². The number of nitro groups is 1. The lowest BCUT2D eigenvalue weighted by atomic mass is 10.2. The Morgan fingerprint density at radius 2 is 1.95 bits per heavy atom. The van der Waals surface area contributed by atoms with E-state index in [2.05, 4.69) is 4.98 Å². The monoisotopic (exact) mass is 271 g/mol. The van der Waals surface area contributed by atoms with Gasteiger partial charge < -0.3 is 4.90 Å². The molecule has 2 aromatic rings. The summed E-state index contributed by atoms with van der Waals surface area (Å²) in [4.78, 5) is 16.9. The van der Waals surface area contributed by atoms with Gasteiger partial charge in [0.05, 0.1) is 4.92 Å². The molecular weight excluding hydrogens is 254 g/mol. The van der Waals surface area contributed by atoms with Gasteiger partial charge in [0.1, 0.15) is 0 Å². The number of hydrogen-bond donors (Lipinski definition) is 0. The van der Waals surface area contributed by atoms with Gasteiger partial charge in [-0.2, -0.15) is 0 Å². The summed E-state index contributed by atoms with van der Waals surface area (Å²) in [5, 5.41) is 11.1. The fraction of sp³-hybridized carbons (Fsp3) is 0.267. The Hall–Kier alpha value is -2.43. The van der Waals surface area contributed by atoms with Crippen molar-refractivity contribution in [3.8, 4) is 0 Å². The first-order chi connectivity index (χ1) is 9.72. The maximum Gasteiger partial charge on any atom is 0.311 e. The molecule has 0 unspecified atom stereocenters. The smallest absolute Gasteiger partial charge is 0.311 e. The van der Waals surface area contributed by atoms with Gasteiger partial charge in [0.15, 0.2) is 0 Å². The van der Waals surface area contributed by atoms with Crippen molar-refractivity contribution >= 4 is 11.5 Å². The third kappa shape index (κ3) is 3.32. The molecule has 104 valence electrons. The Morgan fingerprint density at radius 1 is 1.20 bits per heavy atom. The number of nitrogens with zero attached hydrogens (tertiary/aromatic N) is 3. The third-order valence-corrected chi connectivity index (χ3v) is 2.97. The van der Waals surface area contributed by atoms with E-state index < -0.39 is 0 Å². The average Bonchev–Trinajstić information content (AvgIpc) is 2.48. The summed E-state index contributed by atoms with van der Waals surface area (Å²) in [5.74, 6) is 0.434. The Bertz CT molecular complexity index is 572. The largest absolute Gasteiger partial charge is 0.347 e. The van der Waals surface area contributed by atoms with Crippen LogP contribution in [0.1, 0.15) is 18.9 Å². The van der Waals surface area contributed by atoms with Crippen molar-refractivity contribution in [2.45, 2.75) is 19.9 Å². The van der Waals surface area contributed by atoms with Gasteiger partial charge in [-0.15, -0.1) is 0 Å². The van der Waals surface area contributed by atoms with Gasteiger partial charge in [0.2, 0.25) is 5.82 Å². The molecule has 0 atom stereocenters. The second-order valence-corrected chi connectivity index (χ2v) is 4.51. The van der Waals surface area contributed by atoms with E-state index in [4.69, 9.17) is 0 Å². The lowest BCUT2D eigenvalue weighted by Crippen LogP contribution is -2.25. The molecule has 0 aliphatic rings. The van der Waals surface area contributed by atoms with Gasteiger partial charge in [0, 0.05) is 25.4 Å². The molecular formula is C15H17N3O2. The highest BCUT2D eigenvalue weighted by molar-refractivity contribution is 5.57. The van der Waals surface area contributed by atoms with Crippen LogP contribution in [-0.4, -0.2) is 16.5 Å².